The van der Waals surface area contributed by atoms with E-state index in [1.807, 2.05) is 74.0 Å². The molecular formula is C18H19N3O. The lowest BCUT2D eigenvalue weighted by molar-refractivity contribution is 0.0940. The number of nitrogens with zero attached hydrogens (tertiary/aromatic N) is 2. The van der Waals surface area contributed by atoms with Gasteiger partial charge < -0.3 is 9.88 Å². The molecular weight excluding hydrogens is 274 g/mol. The summed E-state index contributed by atoms with van der Waals surface area (Å²) in [6, 6.07) is 15.5. The van der Waals surface area contributed by atoms with Gasteiger partial charge in [-0.15, -0.1) is 0 Å². The first-order valence-corrected chi connectivity index (χ1v) is 7.35. The summed E-state index contributed by atoms with van der Waals surface area (Å²) in [6.07, 6.45) is 0. The molecule has 1 aromatic heterocycles. The molecule has 0 aliphatic rings. The molecule has 1 amide bonds. The summed E-state index contributed by atoms with van der Waals surface area (Å²) in [5.74, 6) is 0.853. The van der Waals surface area contributed by atoms with Crippen LogP contribution in [0.25, 0.3) is 11.0 Å². The zero-order chi connectivity index (χ0) is 15.7. The van der Waals surface area contributed by atoms with Gasteiger partial charge in [-0.3, -0.25) is 4.79 Å². The van der Waals surface area contributed by atoms with Crippen LogP contribution in [-0.2, 0) is 7.05 Å². The molecule has 22 heavy (non-hydrogen) atoms. The number of nitrogens with one attached hydrogen (secondary N) is 1. The number of rotatable bonds is 3. The van der Waals surface area contributed by atoms with Crippen LogP contribution in [0.15, 0.2) is 48.5 Å². The fourth-order valence-electron chi connectivity index (χ4n) is 2.57. The third-order valence-corrected chi connectivity index (χ3v) is 4.01. The molecule has 0 aliphatic heterocycles. The first-order chi connectivity index (χ1) is 10.6. The van der Waals surface area contributed by atoms with Crippen LogP contribution >= 0.6 is 0 Å². The minimum Gasteiger partial charge on any atom is -0.346 e. The van der Waals surface area contributed by atoms with Gasteiger partial charge >= 0.3 is 0 Å². The normalized spacial score (nSPS) is 12.3. The number of imidazole rings is 1. The highest BCUT2D eigenvalue weighted by molar-refractivity contribution is 5.97. The third kappa shape index (κ3) is 2.60. The summed E-state index contributed by atoms with van der Waals surface area (Å²) in [4.78, 5) is 16.9. The molecule has 0 spiro atoms. The molecule has 4 nitrogen and oxygen atoms in total. The molecule has 3 aromatic rings. The van der Waals surface area contributed by atoms with E-state index >= 15 is 0 Å². The van der Waals surface area contributed by atoms with Gasteiger partial charge in [-0.05, 0) is 37.6 Å². The summed E-state index contributed by atoms with van der Waals surface area (Å²) in [6.45, 7) is 3.94. The number of benzene rings is 2. The number of carbonyl (C=O) groups excluding carboxylic acids is 1. The molecule has 0 saturated carbocycles. The highest BCUT2D eigenvalue weighted by Crippen LogP contribution is 2.18. The Kier molecular flexibility index (Phi) is 3.67. The summed E-state index contributed by atoms with van der Waals surface area (Å²) in [7, 11) is 1.97. The van der Waals surface area contributed by atoms with Crippen LogP contribution in [0.5, 0.6) is 0 Å². The first kappa shape index (κ1) is 14.3. The van der Waals surface area contributed by atoms with Gasteiger partial charge in [0.1, 0.15) is 5.82 Å². The minimum atomic E-state index is -0.0819. The van der Waals surface area contributed by atoms with E-state index in [2.05, 4.69) is 10.3 Å². The predicted molar refractivity (Wildman–Crippen MR) is 87.8 cm³/mol. The van der Waals surface area contributed by atoms with Crippen molar-refractivity contribution in [2.75, 3.05) is 0 Å². The van der Waals surface area contributed by atoms with Crippen LogP contribution < -0.4 is 5.32 Å². The molecule has 0 radical (unpaired) electrons. The minimum absolute atomic E-state index is 0.0325. The van der Waals surface area contributed by atoms with Gasteiger partial charge in [0.05, 0.1) is 17.1 Å². The fraction of sp³-hybridized carbons (Fsp3) is 0.222. The molecule has 1 N–H and O–H groups in total. The van der Waals surface area contributed by atoms with Crippen LogP contribution in [0.2, 0.25) is 0 Å². The molecule has 0 fully saturated rings. The average Bonchev–Trinajstić information content (AvgIpc) is 2.82. The third-order valence-electron chi connectivity index (χ3n) is 4.01. The van der Waals surface area contributed by atoms with Crippen LogP contribution in [0.1, 0.15) is 34.7 Å². The zero-order valence-corrected chi connectivity index (χ0v) is 13.0. The number of aryl methyl sites for hydroxylation is 2. The van der Waals surface area contributed by atoms with Gasteiger partial charge in [0.25, 0.3) is 5.91 Å². The van der Waals surface area contributed by atoms with Gasteiger partial charge in [0.2, 0.25) is 0 Å². The second-order valence-electron chi connectivity index (χ2n) is 5.53. The van der Waals surface area contributed by atoms with Gasteiger partial charge in [-0.1, -0.05) is 30.3 Å². The van der Waals surface area contributed by atoms with E-state index in [0.29, 0.717) is 5.56 Å². The van der Waals surface area contributed by atoms with Crippen LogP contribution in [0.4, 0.5) is 0 Å². The Labute approximate surface area is 129 Å². The fourth-order valence-corrected chi connectivity index (χ4v) is 2.57. The molecule has 112 valence electrons. The predicted octanol–water partition coefficient (Wildman–Crippen LogP) is 3.37. The summed E-state index contributed by atoms with van der Waals surface area (Å²) >= 11 is 0. The van der Waals surface area contributed by atoms with Crippen LogP contribution in [0, 0.1) is 6.92 Å². The first-order valence-electron chi connectivity index (χ1n) is 7.35. The molecule has 4 heteroatoms. The Hall–Kier alpha value is -2.62. The van der Waals surface area contributed by atoms with Crippen molar-refractivity contribution in [1.82, 2.24) is 14.9 Å². The van der Waals surface area contributed by atoms with E-state index < -0.39 is 0 Å². The number of aromatic nitrogens is 2. The van der Waals surface area contributed by atoms with Crippen molar-refractivity contribution in [1.29, 1.82) is 0 Å². The summed E-state index contributed by atoms with van der Waals surface area (Å²) in [5, 5.41) is 3.03. The molecule has 1 heterocycles. The van der Waals surface area contributed by atoms with Crippen molar-refractivity contribution in [3.8, 4) is 0 Å². The van der Waals surface area contributed by atoms with Crippen molar-refractivity contribution in [2.45, 2.75) is 19.9 Å². The van der Waals surface area contributed by atoms with Crippen molar-refractivity contribution in [3.63, 3.8) is 0 Å². The Bertz CT molecular complexity index is 821. The van der Waals surface area contributed by atoms with E-state index in [-0.39, 0.29) is 11.9 Å². The highest BCUT2D eigenvalue weighted by atomic mass is 16.1. The van der Waals surface area contributed by atoms with Gasteiger partial charge in [-0.2, -0.15) is 0 Å². The van der Waals surface area contributed by atoms with Crippen molar-refractivity contribution >= 4 is 16.9 Å². The Morgan fingerprint density at radius 3 is 2.64 bits per heavy atom. The summed E-state index contributed by atoms with van der Waals surface area (Å²) in [5.41, 5.74) is 3.60. The molecule has 1 atom stereocenters. The zero-order valence-electron chi connectivity index (χ0n) is 13.0. The van der Waals surface area contributed by atoms with Gasteiger partial charge in [0.15, 0.2) is 0 Å². The second kappa shape index (κ2) is 5.64. The van der Waals surface area contributed by atoms with Gasteiger partial charge in [0, 0.05) is 12.6 Å². The second-order valence-corrected chi connectivity index (χ2v) is 5.53. The standard InChI is InChI=1S/C18H19N3O/c1-12(14-7-5-4-6-8-14)19-18(22)15-9-10-17-16(11-15)20-13(2)21(17)3/h4-12H,1-3H3,(H,19,22)/t12-/m0/s1. The molecule has 0 aliphatic carbocycles. The monoisotopic (exact) mass is 293 g/mol. The van der Waals surface area contributed by atoms with Crippen molar-refractivity contribution in [2.24, 2.45) is 7.05 Å². The van der Waals surface area contributed by atoms with Crippen molar-refractivity contribution in [3.05, 3.63) is 65.5 Å². The van der Waals surface area contributed by atoms with Crippen LogP contribution in [-0.4, -0.2) is 15.5 Å². The lowest BCUT2D eigenvalue weighted by Crippen LogP contribution is -2.26. The quantitative estimate of drug-likeness (QED) is 0.804. The SMILES string of the molecule is Cc1nc2cc(C(=O)N[C@@H](C)c3ccccc3)ccc2n1C. The Morgan fingerprint density at radius 1 is 1.18 bits per heavy atom. The highest BCUT2D eigenvalue weighted by Gasteiger charge is 2.13. The largest absolute Gasteiger partial charge is 0.346 e. The number of hydrogen-bond acceptors (Lipinski definition) is 2. The number of hydrogen-bond donors (Lipinski definition) is 1. The number of amides is 1. The number of fused-ring (bicyclic) bond motifs is 1. The topological polar surface area (TPSA) is 46.9 Å². The van der Waals surface area contributed by atoms with E-state index in [1.54, 1.807) is 0 Å². The molecule has 3 rings (SSSR count). The maximum Gasteiger partial charge on any atom is 0.251 e. The Balaban J connectivity index is 1.83. The average molecular weight is 293 g/mol. The number of carbonyl (C=O) groups is 1. The van der Waals surface area contributed by atoms with E-state index in [0.717, 1.165) is 22.4 Å². The summed E-state index contributed by atoms with van der Waals surface area (Å²) < 4.78 is 2.02. The molecule has 2 aromatic carbocycles. The maximum atomic E-state index is 12.4. The molecule has 0 bridgehead atoms. The Morgan fingerprint density at radius 2 is 1.91 bits per heavy atom. The van der Waals surface area contributed by atoms with Crippen molar-refractivity contribution < 1.29 is 4.79 Å². The maximum absolute atomic E-state index is 12.4. The molecule has 0 unspecified atom stereocenters. The lowest BCUT2D eigenvalue weighted by Gasteiger charge is -2.14. The van der Waals surface area contributed by atoms with E-state index in [4.69, 9.17) is 0 Å². The van der Waals surface area contributed by atoms with E-state index in [9.17, 15) is 4.79 Å². The van der Waals surface area contributed by atoms with Crippen LogP contribution in [0.3, 0.4) is 0 Å². The van der Waals surface area contributed by atoms with E-state index in [1.165, 1.54) is 0 Å². The lowest BCUT2D eigenvalue weighted by atomic mass is 10.1. The smallest absolute Gasteiger partial charge is 0.251 e. The molecule has 0 saturated heterocycles. The van der Waals surface area contributed by atoms with Gasteiger partial charge in [-0.25, -0.2) is 4.98 Å².